The molecule has 4 amide bonds. The van der Waals surface area contributed by atoms with Gasteiger partial charge < -0.3 is 10.6 Å². The monoisotopic (exact) mass is 356 g/mol. The highest BCUT2D eigenvalue weighted by Crippen LogP contribution is 2.29. The molecule has 3 aliphatic rings. The van der Waals surface area contributed by atoms with Gasteiger partial charge in [-0.05, 0) is 24.0 Å². The summed E-state index contributed by atoms with van der Waals surface area (Å²) in [4.78, 5) is 50.1. The number of rotatable bonds is 5. The zero-order valence-corrected chi connectivity index (χ0v) is 14.2. The van der Waals surface area contributed by atoms with E-state index in [2.05, 4.69) is 16.0 Å². The lowest BCUT2D eigenvalue weighted by molar-refractivity contribution is -0.136. The number of nitrogens with zero attached hydrogens (tertiary/aromatic N) is 1. The van der Waals surface area contributed by atoms with E-state index in [1.54, 1.807) is 12.1 Å². The van der Waals surface area contributed by atoms with E-state index in [9.17, 15) is 19.2 Å². The predicted octanol–water partition coefficient (Wildman–Crippen LogP) is -0.603. The maximum absolute atomic E-state index is 12.9. The molecule has 3 heterocycles. The third-order valence-electron chi connectivity index (χ3n) is 5.17. The molecule has 3 aliphatic heterocycles. The Hall–Kier alpha value is -2.58. The number of carbonyl (C=O) groups is 4. The van der Waals surface area contributed by atoms with Crippen LogP contribution in [0.2, 0.25) is 0 Å². The van der Waals surface area contributed by atoms with Crippen LogP contribution in [0.15, 0.2) is 18.2 Å². The zero-order valence-electron chi connectivity index (χ0n) is 14.2. The molecule has 2 fully saturated rings. The fraction of sp³-hybridized carbons (Fsp3) is 0.444. The molecule has 26 heavy (non-hydrogen) atoms. The summed E-state index contributed by atoms with van der Waals surface area (Å²) in [6.45, 7) is 3.30. The van der Waals surface area contributed by atoms with Gasteiger partial charge in [-0.1, -0.05) is 12.1 Å². The minimum absolute atomic E-state index is 0.119. The molecule has 4 rings (SSSR count). The largest absolute Gasteiger partial charge is 0.316 e. The molecule has 0 saturated carbocycles. The molecule has 0 aromatic heterocycles. The van der Waals surface area contributed by atoms with Crippen molar-refractivity contribution in [2.24, 2.45) is 5.92 Å². The van der Waals surface area contributed by atoms with Gasteiger partial charge in [0.25, 0.3) is 11.8 Å². The van der Waals surface area contributed by atoms with Crippen molar-refractivity contribution >= 4 is 23.6 Å². The van der Waals surface area contributed by atoms with Crippen LogP contribution < -0.4 is 16.0 Å². The maximum Gasteiger partial charge on any atom is 0.262 e. The number of hydrogen-bond acceptors (Lipinski definition) is 6. The number of carbonyl (C=O) groups excluding carboxylic acids is 4. The molecule has 0 radical (unpaired) electrons. The van der Waals surface area contributed by atoms with E-state index in [1.807, 2.05) is 6.07 Å². The van der Waals surface area contributed by atoms with Crippen LogP contribution in [-0.2, 0) is 16.1 Å². The maximum atomic E-state index is 12.9. The smallest absolute Gasteiger partial charge is 0.262 e. The first-order valence-corrected chi connectivity index (χ1v) is 8.81. The van der Waals surface area contributed by atoms with Crippen molar-refractivity contribution in [1.82, 2.24) is 20.9 Å². The summed E-state index contributed by atoms with van der Waals surface area (Å²) in [5, 5.41) is 8.74. The van der Waals surface area contributed by atoms with E-state index >= 15 is 0 Å². The summed E-state index contributed by atoms with van der Waals surface area (Å²) in [5.41, 5.74) is 1.44. The van der Waals surface area contributed by atoms with Gasteiger partial charge in [-0.2, -0.15) is 0 Å². The molecule has 3 N–H and O–H groups in total. The Bertz CT molecular complexity index is 802. The SMILES string of the molecule is O=C1CCC(N2C(=O)c3cccc(CNCC4CNC4)c3C2=O)C(=O)N1. The normalized spacial score (nSPS) is 23.1. The molecule has 2 saturated heterocycles. The van der Waals surface area contributed by atoms with Gasteiger partial charge in [0.2, 0.25) is 11.8 Å². The number of amides is 4. The third kappa shape index (κ3) is 2.81. The van der Waals surface area contributed by atoms with Gasteiger partial charge in [-0.3, -0.25) is 29.4 Å². The predicted molar refractivity (Wildman–Crippen MR) is 91.2 cm³/mol. The second-order valence-electron chi connectivity index (χ2n) is 6.94. The molecule has 8 nitrogen and oxygen atoms in total. The minimum atomic E-state index is -0.929. The van der Waals surface area contributed by atoms with Crippen LogP contribution in [0.5, 0.6) is 0 Å². The number of hydrogen-bond donors (Lipinski definition) is 3. The average molecular weight is 356 g/mol. The molecule has 0 spiro atoms. The van der Waals surface area contributed by atoms with Crippen molar-refractivity contribution in [2.45, 2.75) is 25.4 Å². The number of imide groups is 2. The fourth-order valence-corrected chi connectivity index (χ4v) is 3.64. The van der Waals surface area contributed by atoms with Crippen LogP contribution in [0.3, 0.4) is 0 Å². The summed E-state index contributed by atoms with van der Waals surface area (Å²) >= 11 is 0. The molecule has 0 aliphatic carbocycles. The molecule has 136 valence electrons. The fourth-order valence-electron chi connectivity index (χ4n) is 3.64. The Morgan fingerprint density at radius 2 is 1.92 bits per heavy atom. The van der Waals surface area contributed by atoms with Crippen LogP contribution in [-0.4, -0.2) is 54.2 Å². The topological polar surface area (TPSA) is 108 Å². The Balaban J connectivity index is 1.54. The van der Waals surface area contributed by atoms with Gasteiger partial charge in [0.05, 0.1) is 11.1 Å². The van der Waals surface area contributed by atoms with Gasteiger partial charge >= 0.3 is 0 Å². The highest BCUT2D eigenvalue weighted by atomic mass is 16.2. The average Bonchev–Trinajstić information content (AvgIpc) is 2.82. The van der Waals surface area contributed by atoms with Crippen LogP contribution >= 0.6 is 0 Å². The quantitative estimate of drug-likeness (QED) is 0.608. The summed E-state index contributed by atoms with van der Waals surface area (Å²) in [5.74, 6) is -1.30. The van der Waals surface area contributed by atoms with E-state index in [1.165, 1.54) is 0 Å². The summed E-state index contributed by atoms with van der Waals surface area (Å²) < 4.78 is 0. The van der Waals surface area contributed by atoms with Crippen LogP contribution in [0.1, 0.15) is 39.1 Å². The van der Waals surface area contributed by atoms with Crippen LogP contribution in [0.25, 0.3) is 0 Å². The second-order valence-corrected chi connectivity index (χ2v) is 6.94. The molecule has 1 atom stereocenters. The van der Waals surface area contributed by atoms with Crippen molar-refractivity contribution in [3.63, 3.8) is 0 Å². The highest BCUT2D eigenvalue weighted by Gasteiger charge is 2.45. The van der Waals surface area contributed by atoms with Crippen molar-refractivity contribution in [3.8, 4) is 0 Å². The Kier molecular flexibility index (Phi) is 4.29. The summed E-state index contributed by atoms with van der Waals surface area (Å²) in [6, 6.07) is 4.26. The summed E-state index contributed by atoms with van der Waals surface area (Å²) in [7, 11) is 0. The second kappa shape index (κ2) is 6.62. The standard InChI is InChI=1S/C18H20N4O4/c23-14-5-4-13(16(24)21-14)22-17(25)12-3-1-2-11(15(12)18(22)26)9-20-8-10-6-19-7-10/h1-3,10,13,19-20H,4-9H2,(H,21,23,24). The molecule has 0 bridgehead atoms. The zero-order chi connectivity index (χ0) is 18.3. The van der Waals surface area contributed by atoms with E-state index < -0.39 is 23.8 Å². The first kappa shape index (κ1) is 16.9. The molecule has 8 heteroatoms. The van der Waals surface area contributed by atoms with E-state index in [0.29, 0.717) is 23.6 Å². The first-order valence-electron chi connectivity index (χ1n) is 8.81. The summed E-state index contributed by atoms with van der Waals surface area (Å²) in [6.07, 6.45) is 0.284. The van der Waals surface area contributed by atoms with E-state index in [-0.39, 0.29) is 18.7 Å². The Morgan fingerprint density at radius 1 is 1.12 bits per heavy atom. The molecule has 1 unspecified atom stereocenters. The van der Waals surface area contributed by atoms with Gasteiger partial charge in [0.15, 0.2) is 0 Å². The molecular formula is C18H20N4O4. The van der Waals surface area contributed by atoms with E-state index in [4.69, 9.17) is 0 Å². The minimum Gasteiger partial charge on any atom is -0.316 e. The van der Waals surface area contributed by atoms with Crippen LogP contribution in [0, 0.1) is 5.92 Å². The van der Waals surface area contributed by atoms with Gasteiger partial charge in [0.1, 0.15) is 6.04 Å². The van der Waals surface area contributed by atoms with Gasteiger partial charge in [0, 0.05) is 32.6 Å². The number of piperidine rings is 1. The number of fused-ring (bicyclic) bond motifs is 1. The molecule has 1 aromatic carbocycles. The number of benzene rings is 1. The Labute approximate surface area is 150 Å². The van der Waals surface area contributed by atoms with E-state index in [0.717, 1.165) is 30.1 Å². The highest BCUT2D eigenvalue weighted by molar-refractivity contribution is 6.24. The van der Waals surface area contributed by atoms with Gasteiger partial charge in [-0.25, -0.2) is 0 Å². The number of nitrogens with one attached hydrogen (secondary N) is 3. The molecular weight excluding hydrogens is 336 g/mol. The lowest BCUT2D eigenvalue weighted by Gasteiger charge is -2.28. The first-order chi connectivity index (χ1) is 12.6. The van der Waals surface area contributed by atoms with Crippen molar-refractivity contribution in [1.29, 1.82) is 0 Å². The van der Waals surface area contributed by atoms with Crippen molar-refractivity contribution in [2.75, 3.05) is 19.6 Å². The lowest BCUT2D eigenvalue weighted by Crippen LogP contribution is -2.54. The molecule has 1 aromatic rings. The van der Waals surface area contributed by atoms with Crippen LogP contribution in [0.4, 0.5) is 0 Å². The Morgan fingerprint density at radius 3 is 2.62 bits per heavy atom. The van der Waals surface area contributed by atoms with Crippen molar-refractivity contribution in [3.05, 3.63) is 34.9 Å². The third-order valence-corrected chi connectivity index (χ3v) is 5.17. The van der Waals surface area contributed by atoms with Crippen molar-refractivity contribution < 1.29 is 19.2 Å². The van der Waals surface area contributed by atoms with Gasteiger partial charge in [-0.15, -0.1) is 0 Å². The lowest BCUT2D eigenvalue weighted by atomic mass is 10.0.